The van der Waals surface area contributed by atoms with Gasteiger partial charge in [0.15, 0.2) is 17.5 Å². The number of hydrogen-bond acceptors (Lipinski definition) is 4. The molecule has 1 aromatic rings. The Morgan fingerprint density at radius 1 is 1.44 bits per heavy atom. The minimum Gasteiger partial charge on any atom is -0.378 e. The molecular weight excluding hydrogens is 233 g/mol. The minimum atomic E-state index is -0.371. The molecule has 0 atom stereocenters. The average molecular weight is 251 g/mol. The summed E-state index contributed by atoms with van der Waals surface area (Å²) in [4.78, 5) is 10.1. The lowest BCUT2D eigenvalue weighted by molar-refractivity contribution is 0.122. The lowest BCUT2D eigenvalue weighted by atomic mass is 10.3. The summed E-state index contributed by atoms with van der Waals surface area (Å²) in [7, 11) is 0. The molecule has 1 fully saturated rings. The van der Waals surface area contributed by atoms with Gasteiger partial charge in [0.1, 0.15) is 0 Å². The van der Waals surface area contributed by atoms with Gasteiger partial charge in [0.05, 0.1) is 19.4 Å². The van der Waals surface area contributed by atoms with Gasteiger partial charge in [0.25, 0.3) is 0 Å². The molecular formula is C13H18FN3O. The first-order valence-corrected chi connectivity index (χ1v) is 6.33. The third-order valence-electron chi connectivity index (χ3n) is 2.78. The Kier molecular flexibility index (Phi) is 4.64. The van der Waals surface area contributed by atoms with Crippen molar-refractivity contribution in [3.63, 3.8) is 0 Å². The summed E-state index contributed by atoms with van der Waals surface area (Å²) in [6, 6.07) is 0. The zero-order valence-electron chi connectivity index (χ0n) is 10.6. The summed E-state index contributed by atoms with van der Waals surface area (Å²) in [5.41, 5.74) is 0. The van der Waals surface area contributed by atoms with Crippen LogP contribution in [0.3, 0.4) is 0 Å². The smallest absolute Gasteiger partial charge is 0.183 e. The van der Waals surface area contributed by atoms with Crippen molar-refractivity contribution in [3.8, 4) is 0 Å². The predicted octanol–water partition coefficient (Wildman–Crippen LogP) is 2.27. The van der Waals surface area contributed by atoms with Crippen LogP contribution in [0.4, 0.5) is 10.2 Å². The molecule has 5 heteroatoms. The third-order valence-corrected chi connectivity index (χ3v) is 2.78. The van der Waals surface area contributed by atoms with E-state index in [2.05, 4.69) is 16.9 Å². The zero-order valence-corrected chi connectivity index (χ0v) is 10.6. The van der Waals surface area contributed by atoms with Gasteiger partial charge in [-0.25, -0.2) is 14.4 Å². The van der Waals surface area contributed by atoms with Gasteiger partial charge >= 0.3 is 0 Å². The Labute approximate surface area is 106 Å². The quantitative estimate of drug-likeness (QED) is 0.822. The Balaban J connectivity index is 2.15. The highest BCUT2D eigenvalue weighted by molar-refractivity contribution is 5.46. The van der Waals surface area contributed by atoms with Crippen molar-refractivity contribution in [1.82, 2.24) is 9.97 Å². The van der Waals surface area contributed by atoms with E-state index in [1.54, 1.807) is 0 Å². The average Bonchev–Trinajstić information content (AvgIpc) is 2.42. The van der Waals surface area contributed by atoms with Crippen LogP contribution in [0.15, 0.2) is 12.3 Å². The molecule has 4 nitrogen and oxygen atoms in total. The predicted molar refractivity (Wildman–Crippen MR) is 69.0 cm³/mol. The first-order valence-electron chi connectivity index (χ1n) is 6.33. The minimum absolute atomic E-state index is 0.371. The fourth-order valence-electron chi connectivity index (χ4n) is 1.80. The molecule has 2 rings (SSSR count). The van der Waals surface area contributed by atoms with Gasteiger partial charge in [0, 0.05) is 13.1 Å². The van der Waals surface area contributed by atoms with E-state index >= 15 is 0 Å². The van der Waals surface area contributed by atoms with Crippen LogP contribution in [-0.2, 0) is 4.74 Å². The molecule has 98 valence electrons. The highest BCUT2D eigenvalue weighted by atomic mass is 19.1. The topological polar surface area (TPSA) is 38.2 Å². The summed E-state index contributed by atoms with van der Waals surface area (Å²) in [5.74, 6) is 0.570. The molecule has 2 heterocycles. The molecule has 0 saturated carbocycles. The molecule has 0 N–H and O–H groups in total. The number of rotatable bonds is 4. The molecule has 0 spiro atoms. The van der Waals surface area contributed by atoms with Crippen molar-refractivity contribution in [2.24, 2.45) is 0 Å². The van der Waals surface area contributed by atoms with Crippen LogP contribution in [0.2, 0.25) is 0 Å². The first-order chi connectivity index (χ1) is 8.81. The van der Waals surface area contributed by atoms with E-state index in [9.17, 15) is 4.39 Å². The maximum absolute atomic E-state index is 13.7. The summed E-state index contributed by atoms with van der Waals surface area (Å²) >= 11 is 0. The monoisotopic (exact) mass is 251 g/mol. The number of nitrogens with zero attached hydrogens (tertiary/aromatic N) is 3. The van der Waals surface area contributed by atoms with Crippen LogP contribution in [-0.4, -0.2) is 36.3 Å². The summed E-state index contributed by atoms with van der Waals surface area (Å²) in [5, 5.41) is 0. The van der Waals surface area contributed by atoms with Crippen molar-refractivity contribution in [2.45, 2.75) is 19.8 Å². The van der Waals surface area contributed by atoms with Gasteiger partial charge in [-0.2, -0.15) is 0 Å². The third kappa shape index (κ3) is 3.26. The fourth-order valence-corrected chi connectivity index (χ4v) is 1.80. The van der Waals surface area contributed by atoms with Crippen LogP contribution < -0.4 is 4.90 Å². The van der Waals surface area contributed by atoms with E-state index in [0.717, 1.165) is 12.8 Å². The standard InChI is InChI=1S/C13H18FN3O/c1-2-3-4-5-12-15-10-11(14)13(16-12)17-6-8-18-9-7-17/h4-5,10H,2-3,6-9H2,1H3. The number of unbranched alkanes of at least 4 members (excludes halogenated alkanes) is 1. The van der Waals surface area contributed by atoms with Crippen molar-refractivity contribution in [3.05, 3.63) is 23.9 Å². The van der Waals surface area contributed by atoms with Crippen molar-refractivity contribution >= 4 is 11.9 Å². The fraction of sp³-hybridized carbons (Fsp3) is 0.538. The van der Waals surface area contributed by atoms with Gasteiger partial charge in [0.2, 0.25) is 0 Å². The van der Waals surface area contributed by atoms with Gasteiger partial charge in [-0.3, -0.25) is 0 Å². The molecule has 1 aliphatic rings. The maximum Gasteiger partial charge on any atom is 0.183 e. The Morgan fingerprint density at radius 2 is 2.22 bits per heavy atom. The second kappa shape index (κ2) is 6.44. The van der Waals surface area contributed by atoms with E-state index < -0.39 is 0 Å². The Morgan fingerprint density at radius 3 is 2.94 bits per heavy atom. The summed E-state index contributed by atoms with van der Waals surface area (Å²) in [6.45, 7) is 4.68. The van der Waals surface area contributed by atoms with Crippen LogP contribution in [0.5, 0.6) is 0 Å². The second-order valence-electron chi connectivity index (χ2n) is 4.19. The highest BCUT2D eigenvalue weighted by Gasteiger charge is 2.17. The van der Waals surface area contributed by atoms with E-state index in [1.165, 1.54) is 6.20 Å². The van der Waals surface area contributed by atoms with Crippen LogP contribution in [0, 0.1) is 5.82 Å². The van der Waals surface area contributed by atoms with Gasteiger partial charge in [-0.1, -0.05) is 19.4 Å². The number of aromatic nitrogens is 2. The normalized spacial score (nSPS) is 16.4. The van der Waals surface area contributed by atoms with Crippen LogP contribution in [0.1, 0.15) is 25.6 Å². The lowest BCUT2D eigenvalue weighted by Gasteiger charge is -2.27. The van der Waals surface area contributed by atoms with Gasteiger partial charge < -0.3 is 9.64 Å². The summed E-state index contributed by atoms with van der Waals surface area (Å²) in [6.07, 6.45) is 7.15. The van der Waals surface area contributed by atoms with Crippen molar-refractivity contribution in [1.29, 1.82) is 0 Å². The first kappa shape index (κ1) is 13.0. The molecule has 0 radical (unpaired) electrons. The van der Waals surface area contributed by atoms with Gasteiger partial charge in [-0.15, -0.1) is 0 Å². The van der Waals surface area contributed by atoms with Gasteiger partial charge in [-0.05, 0) is 12.5 Å². The molecule has 0 amide bonds. The molecule has 0 aromatic carbocycles. The molecule has 1 saturated heterocycles. The Bertz CT molecular complexity index is 417. The van der Waals surface area contributed by atoms with E-state index in [0.29, 0.717) is 37.9 Å². The zero-order chi connectivity index (χ0) is 12.8. The largest absolute Gasteiger partial charge is 0.378 e. The van der Waals surface area contributed by atoms with Crippen LogP contribution in [0.25, 0.3) is 6.08 Å². The number of morpholine rings is 1. The number of allylic oxidation sites excluding steroid dienone is 1. The van der Waals surface area contributed by atoms with Crippen molar-refractivity contribution < 1.29 is 9.13 Å². The van der Waals surface area contributed by atoms with E-state index in [4.69, 9.17) is 4.74 Å². The number of ether oxygens (including phenoxy) is 1. The highest BCUT2D eigenvalue weighted by Crippen LogP contribution is 2.17. The van der Waals surface area contributed by atoms with E-state index in [-0.39, 0.29) is 5.82 Å². The molecule has 1 aromatic heterocycles. The number of hydrogen-bond donors (Lipinski definition) is 0. The molecule has 0 aliphatic carbocycles. The van der Waals surface area contributed by atoms with Crippen molar-refractivity contribution in [2.75, 3.05) is 31.2 Å². The maximum atomic E-state index is 13.7. The number of anilines is 1. The summed E-state index contributed by atoms with van der Waals surface area (Å²) < 4.78 is 19.0. The molecule has 0 bridgehead atoms. The number of halogens is 1. The SMILES string of the molecule is CCCC=Cc1ncc(F)c(N2CCOCC2)n1. The van der Waals surface area contributed by atoms with E-state index in [1.807, 2.05) is 17.1 Å². The lowest BCUT2D eigenvalue weighted by Crippen LogP contribution is -2.37. The molecule has 1 aliphatic heterocycles. The van der Waals surface area contributed by atoms with Crippen LogP contribution >= 0.6 is 0 Å². The Hall–Kier alpha value is -1.49. The molecule has 0 unspecified atom stereocenters. The second-order valence-corrected chi connectivity index (χ2v) is 4.19. The molecule has 18 heavy (non-hydrogen) atoms.